The molecule has 2 aliphatic rings. The molecule has 1 aromatic rings. The Kier molecular flexibility index (Phi) is 6.88. The van der Waals surface area contributed by atoms with Gasteiger partial charge >= 0.3 is 0 Å². The second-order valence-electron chi connectivity index (χ2n) is 7.56. The van der Waals surface area contributed by atoms with Crippen LogP contribution in [0, 0.1) is 11.8 Å². The van der Waals surface area contributed by atoms with Crippen molar-refractivity contribution in [3.8, 4) is 5.75 Å². The molecule has 0 spiro atoms. The molecule has 7 heteroatoms. The minimum Gasteiger partial charge on any atom is -0.495 e. The average molecular weight is 404 g/mol. The molecule has 6 nitrogen and oxygen atoms in total. The van der Waals surface area contributed by atoms with E-state index in [1.165, 1.54) is 0 Å². The van der Waals surface area contributed by atoms with Crippen LogP contribution < -0.4 is 15.4 Å². The van der Waals surface area contributed by atoms with Crippen molar-refractivity contribution in [1.29, 1.82) is 0 Å². The molecule has 1 aromatic carbocycles. The Morgan fingerprint density at radius 3 is 2.86 bits per heavy atom. The van der Waals surface area contributed by atoms with E-state index in [1.807, 2.05) is 24.3 Å². The maximum atomic E-state index is 12.9. The number of hydrogen-bond donors (Lipinski definition) is 2. The average Bonchev–Trinajstić information content (AvgIpc) is 2.70. The number of methoxy groups -OCH3 is 1. The van der Waals surface area contributed by atoms with Crippen molar-refractivity contribution in [2.24, 2.45) is 11.8 Å². The first-order valence-corrected chi connectivity index (χ1v) is 10.5. The van der Waals surface area contributed by atoms with Crippen LogP contribution in [0.15, 0.2) is 24.3 Å². The number of hydrogen-bond acceptors (Lipinski definition) is 4. The van der Waals surface area contributed by atoms with Gasteiger partial charge in [-0.05, 0) is 50.0 Å². The molecule has 1 saturated heterocycles. The van der Waals surface area contributed by atoms with Gasteiger partial charge in [0.05, 0.1) is 18.7 Å². The fourth-order valence-corrected chi connectivity index (χ4v) is 4.45. The zero-order valence-corrected chi connectivity index (χ0v) is 17.4. The van der Waals surface area contributed by atoms with E-state index >= 15 is 0 Å². The molecule has 3 unspecified atom stereocenters. The molecule has 152 valence electrons. The quantitative estimate of drug-likeness (QED) is 0.540. The molecular formula is C21H29N3O3S. The number of nitrogens with one attached hydrogen (secondary N) is 2. The van der Waals surface area contributed by atoms with Crippen LogP contribution >= 0.6 is 12.2 Å². The lowest BCUT2D eigenvalue weighted by molar-refractivity contribution is -0.137. The molecule has 1 aliphatic carbocycles. The van der Waals surface area contributed by atoms with Crippen molar-refractivity contribution < 1.29 is 14.3 Å². The number of fused-ring (bicyclic) bond motifs is 1. The van der Waals surface area contributed by atoms with Gasteiger partial charge in [0, 0.05) is 18.5 Å². The van der Waals surface area contributed by atoms with Gasteiger partial charge in [-0.15, -0.1) is 0 Å². The van der Waals surface area contributed by atoms with Crippen LogP contribution in [0.5, 0.6) is 5.75 Å². The van der Waals surface area contributed by atoms with Gasteiger partial charge in [-0.3, -0.25) is 14.5 Å². The molecule has 0 bridgehead atoms. The van der Waals surface area contributed by atoms with Crippen molar-refractivity contribution in [2.45, 2.75) is 51.5 Å². The van der Waals surface area contributed by atoms with Gasteiger partial charge in [0.2, 0.25) is 11.8 Å². The zero-order chi connectivity index (χ0) is 20.1. The summed E-state index contributed by atoms with van der Waals surface area (Å²) in [6, 6.07) is 7.31. The van der Waals surface area contributed by atoms with E-state index in [9.17, 15) is 9.59 Å². The van der Waals surface area contributed by atoms with E-state index in [-0.39, 0.29) is 29.7 Å². The largest absolute Gasteiger partial charge is 0.495 e. The van der Waals surface area contributed by atoms with E-state index in [1.54, 1.807) is 12.0 Å². The summed E-state index contributed by atoms with van der Waals surface area (Å²) in [6.45, 7) is 2.82. The zero-order valence-electron chi connectivity index (χ0n) is 16.6. The lowest BCUT2D eigenvalue weighted by Crippen LogP contribution is -2.61. The third-order valence-corrected chi connectivity index (χ3v) is 6.05. The predicted octanol–water partition coefficient (Wildman–Crippen LogP) is 3.33. The molecule has 1 aliphatic heterocycles. The van der Waals surface area contributed by atoms with Gasteiger partial charge in [0.1, 0.15) is 5.75 Å². The molecule has 0 aromatic heterocycles. The van der Waals surface area contributed by atoms with Crippen LogP contribution in [0.3, 0.4) is 0 Å². The monoisotopic (exact) mass is 403 g/mol. The summed E-state index contributed by atoms with van der Waals surface area (Å²) >= 11 is 5.44. The lowest BCUT2D eigenvalue weighted by Gasteiger charge is -2.43. The van der Waals surface area contributed by atoms with Crippen LogP contribution in [0.1, 0.15) is 45.4 Å². The van der Waals surface area contributed by atoms with Crippen LogP contribution in [-0.2, 0) is 9.59 Å². The minimum absolute atomic E-state index is 0.0338. The molecule has 2 fully saturated rings. The Morgan fingerprint density at radius 1 is 1.32 bits per heavy atom. The van der Waals surface area contributed by atoms with Crippen molar-refractivity contribution in [3.05, 3.63) is 24.3 Å². The number of carbonyl (C=O) groups is 2. The van der Waals surface area contributed by atoms with Gasteiger partial charge < -0.3 is 15.4 Å². The van der Waals surface area contributed by atoms with Gasteiger partial charge in [-0.25, -0.2) is 0 Å². The fraction of sp³-hybridized carbons (Fsp3) is 0.571. The smallest absolute Gasteiger partial charge is 0.233 e. The van der Waals surface area contributed by atoms with E-state index in [4.69, 9.17) is 17.0 Å². The van der Waals surface area contributed by atoms with Crippen LogP contribution in [0.25, 0.3) is 0 Å². The van der Waals surface area contributed by atoms with Crippen molar-refractivity contribution in [1.82, 2.24) is 10.2 Å². The molecule has 2 amide bonds. The third kappa shape index (κ3) is 4.46. The summed E-state index contributed by atoms with van der Waals surface area (Å²) in [4.78, 5) is 27.4. The van der Waals surface area contributed by atoms with Crippen LogP contribution in [0.4, 0.5) is 5.69 Å². The number of anilines is 1. The van der Waals surface area contributed by atoms with Gasteiger partial charge in [-0.2, -0.15) is 0 Å². The summed E-state index contributed by atoms with van der Waals surface area (Å²) in [5.41, 5.74) is 0.669. The number of carbonyl (C=O) groups excluding carboxylic acids is 2. The van der Waals surface area contributed by atoms with Gasteiger partial charge in [-0.1, -0.05) is 31.9 Å². The summed E-state index contributed by atoms with van der Waals surface area (Å²) in [5.74, 6) is 0.478. The highest BCUT2D eigenvalue weighted by Gasteiger charge is 2.43. The van der Waals surface area contributed by atoms with E-state index < -0.39 is 0 Å². The second-order valence-corrected chi connectivity index (χ2v) is 7.95. The number of rotatable bonds is 7. The first-order chi connectivity index (χ1) is 13.5. The van der Waals surface area contributed by atoms with E-state index in [2.05, 4.69) is 17.6 Å². The Hall–Kier alpha value is -2.15. The predicted molar refractivity (Wildman–Crippen MR) is 113 cm³/mol. The molecule has 1 saturated carbocycles. The van der Waals surface area contributed by atoms with E-state index in [0.29, 0.717) is 42.4 Å². The molecule has 0 radical (unpaired) electrons. The second kappa shape index (κ2) is 9.37. The van der Waals surface area contributed by atoms with Crippen molar-refractivity contribution in [3.63, 3.8) is 0 Å². The van der Waals surface area contributed by atoms with Crippen LogP contribution in [-0.4, -0.2) is 41.5 Å². The topological polar surface area (TPSA) is 70.7 Å². The van der Waals surface area contributed by atoms with Crippen molar-refractivity contribution >= 4 is 34.8 Å². The molecule has 1 heterocycles. The van der Waals surface area contributed by atoms with Crippen LogP contribution in [0.2, 0.25) is 0 Å². The molecule has 3 rings (SSSR count). The number of unbranched alkanes of at least 4 members (excludes halogenated alkanes) is 2. The maximum Gasteiger partial charge on any atom is 0.233 e. The Morgan fingerprint density at radius 2 is 2.11 bits per heavy atom. The molecule has 2 N–H and O–H groups in total. The molecule has 3 atom stereocenters. The lowest BCUT2D eigenvalue weighted by atomic mass is 9.76. The normalized spacial score (nSPS) is 24.4. The number of para-hydroxylation sites is 2. The maximum absolute atomic E-state index is 12.9. The van der Waals surface area contributed by atoms with Crippen molar-refractivity contribution in [2.75, 3.05) is 19.0 Å². The summed E-state index contributed by atoms with van der Waals surface area (Å²) in [7, 11) is 1.58. The summed E-state index contributed by atoms with van der Waals surface area (Å²) < 4.78 is 5.31. The fourth-order valence-electron chi connectivity index (χ4n) is 4.11. The number of benzene rings is 1. The number of ether oxygens (including phenoxy) is 1. The summed E-state index contributed by atoms with van der Waals surface area (Å²) in [5, 5.41) is 6.81. The number of thiocarbonyl (C=S) groups is 1. The highest BCUT2D eigenvalue weighted by molar-refractivity contribution is 7.80. The Labute approximate surface area is 172 Å². The van der Waals surface area contributed by atoms with E-state index in [0.717, 1.165) is 19.3 Å². The Balaban J connectivity index is 1.61. The molecule has 28 heavy (non-hydrogen) atoms. The number of amides is 2. The number of nitrogens with zero attached hydrogens (tertiary/aromatic N) is 1. The first-order valence-electron chi connectivity index (χ1n) is 10.1. The summed E-state index contributed by atoms with van der Waals surface area (Å²) in [6.07, 6.45) is 5.17. The SMILES string of the molecule is CCCCCN1C(=O)C2CCC(C(=O)Nc3ccccc3OC)CC2NC1=S. The van der Waals surface area contributed by atoms with Gasteiger partial charge in [0.15, 0.2) is 5.11 Å². The first kappa shape index (κ1) is 20.6. The minimum atomic E-state index is -0.152. The Bertz CT molecular complexity index is 739. The highest BCUT2D eigenvalue weighted by atomic mass is 32.1. The third-order valence-electron chi connectivity index (χ3n) is 5.71. The standard InChI is InChI=1S/C21H29N3O3S/c1-3-4-7-12-24-20(26)15-11-10-14(13-17(15)23-21(24)28)19(25)22-16-8-5-6-9-18(16)27-2/h5-6,8-9,14-15,17H,3-4,7,10-13H2,1-2H3,(H,22,25)(H,23,28). The molecular weight excluding hydrogens is 374 g/mol. The van der Waals surface area contributed by atoms with Gasteiger partial charge in [0.25, 0.3) is 0 Å². The highest BCUT2D eigenvalue weighted by Crippen LogP contribution is 2.34.